The molecule has 3 saturated heterocycles. The van der Waals surface area contributed by atoms with Gasteiger partial charge in [0.05, 0.1) is 6.54 Å². The molecule has 3 aliphatic heterocycles. The van der Waals surface area contributed by atoms with Gasteiger partial charge in [-0.2, -0.15) is 0 Å². The number of fused-ring (bicyclic) bond motifs is 4. The van der Waals surface area contributed by atoms with Crippen LogP contribution in [0.3, 0.4) is 0 Å². The summed E-state index contributed by atoms with van der Waals surface area (Å²) in [5.41, 5.74) is 0. The number of hydrogen-bond donors (Lipinski definition) is 0. The van der Waals surface area contributed by atoms with Crippen LogP contribution < -0.4 is 0 Å². The zero-order valence-corrected chi connectivity index (χ0v) is 12.5. The van der Waals surface area contributed by atoms with Gasteiger partial charge < -0.3 is 4.57 Å². The van der Waals surface area contributed by atoms with E-state index < -0.39 is 0 Å². The van der Waals surface area contributed by atoms with Crippen LogP contribution >= 0.6 is 0 Å². The molecule has 1 aliphatic carbocycles. The van der Waals surface area contributed by atoms with Gasteiger partial charge in [0.1, 0.15) is 5.82 Å². The van der Waals surface area contributed by atoms with Crippen LogP contribution in [0.25, 0.3) is 0 Å². The van der Waals surface area contributed by atoms with Gasteiger partial charge in [-0.15, -0.1) is 0 Å². The molecule has 4 fully saturated rings. The second-order valence-corrected chi connectivity index (χ2v) is 7.14. The molecule has 4 heterocycles. The molecule has 2 bridgehead atoms. The maximum Gasteiger partial charge on any atom is 0.122 e. The Morgan fingerprint density at radius 1 is 1.15 bits per heavy atom. The first kappa shape index (κ1) is 12.8. The number of piperidine rings is 1. The molecule has 4 aliphatic rings. The summed E-state index contributed by atoms with van der Waals surface area (Å²) in [6.07, 6.45) is 9.77. The van der Waals surface area contributed by atoms with E-state index in [9.17, 15) is 0 Å². The van der Waals surface area contributed by atoms with Gasteiger partial charge >= 0.3 is 0 Å². The number of imidazole rings is 1. The summed E-state index contributed by atoms with van der Waals surface area (Å²) in [6, 6.07) is 0.801. The lowest BCUT2D eigenvalue weighted by Crippen LogP contribution is -2.44. The Bertz CT molecular complexity index is 465. The number of hydrogen-bond acceptors (Lipinski definition) is 3. The van der Waals surface area contributed by atoms with Gasteiger partial charge in [0.15, 0.2) is 0 Å². The van der Waals surface area contributed by atoms with Gasteiger partial charge in [0, 0.05) is 51.7 Å². The monoisotopic (exact) mass is 274 g/mol. The van der Waals surface area contributed by atoms with E-state index in [0.717, 1.165) is 24.4 Å². The van der Waals surface area contributed by atoms with E-state index >= 15 is 0 Å². The van der Waals surface area contributed by atoms with Crippen LogP contribution in [0.15, 0.2) is 12.4 Å². The summed E-state index contributed by atoms with van der Waals surface area (Å²) in [7, 11) is 2.11. The first-order valence-corrected chi connectivity index (χ1v) is 8.20. The molecule has 0 unspecified atom stereocenters. The maximum atomic E-state index is 4.50. The normalized spacial score (nSPS) is 31.6. The minimum Gasteiger partial charge on any atom is -0.337 e. The summed E-state index contributed by atoms with van der Waals surface area (Å²) in [6.45, 7) is 6.25. The van der Waals surface area contributed by atoms with E-state index in [1.165, 1.54) is 57.7 Å². The third-order valence-corrected chi connectivity index (χ3v) is 5.38. The van der Waals surface area contributed by atoms with Crippen LogP contribution in [0.1, 0.15) is 31.5 Å². The quantitative estimate of drug-likeness (QED) is 0.835. The minimum absolute atomic E-state index is 0.801. The maximum absolute atomic E-state index is 4.50. The Morgan fingerprint density at radius 3 is 2.80 bits per heavy atom. The van der Waals surface area contributed by atoms with Crippen molar-refractivity contribution in [3.8, 4) is 0 Å². The molecular weight excluding hydrogens is 248 g/mol. The standard InChI is InChI=1S/C16H26N4/c1-18-7-6-17-16(18)12-19-8-14-4-5-15(11-19)20(10-14)9-13-2-3-13/h6-7,13-15H,2-5,8-12H2,1H3/t14-,15+/m1/s1. The Kier molecular flexibility index (Phi) is 3.31. The van der Waals surface area contributed by atoms with Crippen molar-refractivity contribution in [2.24, 2.45) is 18.9 Å². The topological polar surface area (TPSA) is 24.3 Å². The summed E-state index contributed by atoms with van der Waals surface area (Å²) < 4.78 is 2.16. The molecule has 0 amide bonds. The fourth-order valence-electron chi connectivity index (χ4n) is 4.01. The third kappa shape index (κ3) is 2.63. The van der Waals surface area contributed by atoms with Gasteiger partial charge in [-0.05, 0) is 37.5 Å². The summed E-state index contributed by atoms with van der Waals surface area (Å²) >= 11 is 0. The predicted octanol–water partition coefficient (Wildman–Crippen LogP) is 1.73. The fraction of sp³-hybridized carbons (Fsp3) is 0.812. The van der Waals surface area contributed by atoms with Crippen molar-refractivity contribution < 1.29 is 0 Å². The minimum atomic E-state index is 0.801. The smallest absolute Gasteiger partial charge is 0.122 e. The van der Waals surface area contributed by atoms with Crippen molar-refractivity contribution in [1.29, 1.82) is 0 Å². The lowest BCUT2D eigenvalue weighted by molar-refractivity contribution is 0.125. The highest BCUT2D eigenvalue weighted by molar-refractivity contribution is 4.96. The molecule has 5 rings (SSSR count). The molecule has 1 aromatic heterocycles. The Balaban J connectivity index is 1.43. The lowest BCUT2D eigenvalue weighted by Gasteiger charge is -2.36. The van der Waals surface area contributed by atoms with E-state index in [2.05, 4.69) is 32.6 Å². The molecule has 110 valence electrons. The van der Waals surface area contributed by atoms with Crippen molar-refractivity contribution >= 4 is 0 Å². The Morgan fingerprint density at radius 2 is 2.05 bits per heavy atom. The molecule has 20 heavy (non-hydrogen) atoms. The second-order valence-electron chi connectivity index (χ2n) is 7.14. The molecule has 2 atom stereocenters. The molecule has 1 saturated carbocycles. The van der Waals surface area contributed by atoms with Gasteiger partial charge in [-0.1, -0.05) is 0 Å². The van der Waals surface area contributed by atoms with Crippen molar-refractivity contribution in [2.45, 2.75) is 38.3 Å². The van der Waals surface area contributed by atoms with Crippen LogP contribution in [-0.2, 0) is 13.6 Å². The average Bonchev–Trinajstić information content (AvgIpc) is 3.20. The SMILES string of the molecule is Cn1ccnc1CN1C[C@H]2CC[C@@H](C1)N(CC1CC1)C2. The van der Waals surface area contributed by atoms with Gasteiger partial charge in [-0.25, -0.2) is 4.98 Å². The molecule has 4 nitrogen and oxygen atoms in total. The number of aromatic nitrogens is 2. The van der Waals surface area contributed by atoms with Crippen LogP contribution in [0.5, 0.6) is 0 Å². The zero-order valence-electron chi connectivity index (χ0n) is 12.5. The van der Waals surface area contributed by atoms with Gasteiger partial charge in [0.2, 0.25) is 0 Å². The Labute approximate surface area is 121 Å². The van der Waals surface area contributed by atoms with Gasteiger partial charge in [-0.3, -0.25) is 9.80 Å². The van der Waals surface area contributed by atoms with Crippen molar-refractivity contribution in [2.75, 3.05) is 26.2 Å². The van der Waals surface area contributed by atoms with Crippen LogP contribution in [-0.4, -0.2) is 51.6 Å². The highest BCUT2D eigenvalue weighted by atomic mass is 15.3. The average molecular weight is 274 g/mol. The van der Waals surface area contributed by atoms with E-state index in [1.807, 2.05) is 6.20 Å². The number of nitrogens with zero attached hydrogens (tertiary/aromatic N) is 4. The predicted molar refractivity (Wildman–Crippen MR) is 79.3 cm³/mol. The van der Waals surface area contributed by atoms with Crippen molar-refractivity contribution in [1.82, 2.24) is 19.4 Å². The first-order valence-electron chi connectivity index (χ1n) is 8.20. The summed E-state index contributed by atoms with van der Waals surface area (Å²) in [4.78, 5) is 9.96. The van der Waals surface area contributed by atoms with Crippen LogP contribution in [0, 0.1) is 11.8 Å². The van der Waals surface area contributed by atoms with Crippen molar-refractivity contribution in [3.05, 3.63) is 18.2 Å². The highest BCUT2D eigenvalue weighted by Gasteiger charge is 2.37. The fourth-order valence-corrected chi connectivity index (χ4v) is 4.01. The lowest BCUT2D eigenvalue weighted by atomic mass is 9.95. The summed E-state index contributed by atoms with van der Waals surface area (Å²) in [5, 5.41) is 0. The molecule has 0 spiro atoms. The van der Waals surface area contributed by atoms with Crippen LogP contribution in [0.2, 0.25) is 0 Å². The van der Waals surface area contributed by atoms with Gasteiger partial charge in [0.25, 0.3) is 0 Å². The van der Waals surface area contributed by atoms with E-state index in [1.54, 1.807) is 0 Å². The molecule has 0 radical (unpaired) electrons. The molecule has 0 aromatic carbocycles. The largest absolute Gasteiger partial charge is 0.337 e. The Hall–Kier alpha value is -0.870. The highest BCUT2D eigenvalue weighted by Crippen LogP contribution is 2.35. The molecule has 1 aromatic rings. The zero-order chi connectivity index (χ0) is 13.5. The van der Waals surface area contributed by atoms with E-state index in [4.69, 9.17) is 0 Å². The molecule has 4 heteroatoms. The first-order chi connectivity index (χ1) is 9.78. The van der Waals surface area contributed by atoms with E-state index in [0.29, 0.717) is 0 Å². The number of aryl methyl sites for hydroxylation is 1. The van der Waals surface area contributed by atoms with E-state index in [-0.39, 0.29) is 0 Å². The second kappa shape index (κ2) is 5.15. The third-order valence-electron chi connectivity index (χ3n) is 5.38. The number of rotatable bonds is 4. The summed E-state index contributed by atoms with van der Waals surface area (Å²) in [5.74, 6) is 3.12. The van der Waals surface area contributed by atoms with Crippen molar-refractivity contribution in [3.63, 3.8) is 0 Å². The molecule has 0 N–H and O–H groups in total. The molecular formula is C16H26N4. The van der Waals surface area contributed by atoms with Crippen LogP contribution in [0.4, 0.5) is 0 Å².